The summed E-state index contributed by atoms with van der Waals surface area (Å²) in [6.07, 6.45) is 0. The largest absolute Gasteiger partial charge is 0.506 e. The molecule has 0 unspecified atom stereocenters. The standard InChI is InChI=1S/C10H10Br2O3/c1-4-6(10(14)15-3)5(2)8(12)9(13)7(4)11/h13H,1-3H3. The fraction of sp³-hybridized carbons (Fsp3) is 0.300. The maximum atomic E-state index is 11.5. The number of carbonyl (C=O) groups excluding carboxylic acids is 1. The summed E-state index contributed by atoms with van der Waals surface area (Å²) in [5.41, 5.74) is 1.80. The molecule has 0 radical (unpaired) electrons. The third-order valence-electron chi connectivity index (χ3n) is 2.21. The van der Waals surface area contributed by atoms with Crippen molar-refractivity contribution in [3.05, 3.63) is 25.6 Å². The lowest BCUT2D eigenvalue weighted by molar-refractivity contribution is 0.0599. The van der Waals surface area contributed by atoms with E-state index in [2.05, 4.69) is 36.6 Å². The molecule has 0 bridgehead atoms. The molecule has 0 fully saturated rings. The summed E-state index contributed by atoms with van der Waals surface area (Å²) in [6.45, 7) is 3.49. The quantitative estimate of drug-likeness (QED) is 0.799. The van der Waals surface area contributed by atoms with Crippen LogP contribution in [0.3, 0.4) is 0 Å². The smallest absolute Gasteiger partial charge is 0.338 e. The molecular formula is C10H10Br2O3. The first kappa shape index (κ1) is 12.5. The van der Waals surface area contributed by atoms with Gasteiger partial charge in [-0.2, -0.15) is 0 Å². The normalized spacial score (nSPS) is 10.2. The molecule has 0 saturated carbocycles. The van der Waals surface area contributed by atoms with Crippen LogP contribution in [0.5, 0.6) is 5.75 Å². The fourth-order valence-electron chi connectivity index (χ4n) is 1.36. The number of hydrogen-bond donors (Lipinski definition) is 1. The predicted molar refractivity (Wildman–Crippen MR) is 64.3 cm³/mol. The van der Waals surface area contributed by atoms with Crippen LogP contribution in [0.2, 0.25) is 0 Å². The molecule has 0 heterocycles. The number of hydrogen-bond acceptors (Lipinski definition) is 3. The molecule has 0 aromatic heterocycles. The topological polar surface area (TPSA) is 46.5 Å². The second-order valence-electron chi connectivity index (χ2n) is 3.09. The summed E-state index contributed by atoms with van der Waals surface area (Å²) < 4.78 is 5.69. The van der Waals surface area contributed by atoms with Gasteiger partial charge in [0, 0.05) is 0 Å². The van der Waals surface area contributed by atoms with Gasteiger partial charge in [-0.3, -0.25) is 0 Å². The Morgan fingerprint density at radius 1 is 1.20 bits per heavy atom. The average molecular weight is 338 g/mol. The lowest BCUT2D eigenvalue weighted by Crippen LogP contribution is -2.07. The zero-order chi connectivity index (χ0) is 11.7. The van der Waals surface area contributed by atoms with Crippen LogP contribution in [-0.2, 0) is 4.74 Å². The van der Waals surface area contributed by atoms with Gasteiger partial charge in [-0.25, -0.2) is 4.79 Å². The van der Waals surface area contributed by atoms with Gasteiger partial charge in [0.2, 0.25) is 0 Å². The number of phenols is 1. The summed E-state index contributed by atoms with van der Waals surface area (Å²) in [7, 11) is 1.33. The first-order chi connectivity index (χ1) is 6.91. The molecule has 82 valence electrons. The Balaban J connectivity index is 3.60. The van der Waals surface area contributed by atoms with E-state index in [0.29, 0.717) is 25.6 Å². The molecule has 1 N–H and O–H groups in total. The molecule has 0 aliphatic rings. The second kappa shape index (κ2) is 4.53. The minimum atomic E-state index is -0.411. The Kier molecular flexibility index (Phi) is 3.78. The zero-order valence-corrected chi connectivity index (χ0v) is 11.7. The number of esters is 1. The maximum Gasteiger partial charge on any atom is 0.338 e. The Morgan fingerprint density at radius 2 is 1.60 bits per heavy atom. The van der Waals surface area contributed by atoms with E-state index in [1.165, 1.54) is 7.11 Å². The van der Waals surface area contributed by atoms with Crippen molar-refractivity contribution < 1.29 is 14.6 Å². The van der Waals surface area contributed by atoms with Gasteiger partial charge in [-0.15, -0.1) is 0 Å². The van der Waals surface area contributed by atoms with Crippen LogP contribution < -0.4 is 0 Å². The van der Waals surface area contributed by atoms with E-state index >= 15 is 0 Å². The number of rotatable bonds is 1. The Labute approximate surface area is 105 Å². The van der Waals surface area contributed by atoms with Gasteiger partial charge >= 0.3 is 5.97 Å². The van der Waals surface area contributed by atoms with E-state index in [1.807, 2.05) is 0 Å². The molecule has 1 rings (SSSR count). The molecule has 1 aromatic carbocycles. The Hall–Kier alpha value is -0.550. The van der Waals surface area contributed by atoms with Gasteiger partial charge < -0.3 is 9.84 Å². The highest BCUT2D eigenvalue weighted by molar-refractivity contribution is 9.11. The van der Waals surface area contributed by atoms with Crippen LogP contribution in [-0.4, -0.2) is 18.2 Å². The molecule has 15 heavy (non-hydrogen) atoms. The molecule has 3 nitrogen and oxygen atoms in total. The zero-order valence-electron chi connectivity index (χ0n) is 8.52. The number of phenolic OH excluding ortho intramolecular Hbond substituents is 1. The summed E-state index contributed by atoms with van der Waals surface area (Å²) in [6, 6.07) is 0. The lowest BCUT2D eigenvalue weighted by atomic mass is 10.0. The third-order valence-corrected chi connectivity index (χ3v) is 4.15. The van der Waals surface area contributed by atoms with Crippen molar-refractivity contribution in [2.75, 3.05) is 7.11 Å². The van der Waals surface area contributed by atoms with E-state index < -0.39 is 5.97 Å². The molecule has 1 aromatic rings. The number of ether oxygens (including phenoxy) is 1. The summed E-state index contributed by atoms with van der Waals surface area (Å²) in [5.74, 6) is -0.316. The highest BCUT2D eigenvalue weighted by Gasteiger charge is 2.21. The minimum absolute atomic E-state index is 0.0950. The van der Waals surface area contributed by atoms with Gasteiger partial charge in [0.1, 0.15) is 5.75 Å². The van der Waals surface area contributed by atoms with Crippen LogP contribution in [0.1, 0.15) is 21.5 Å². The predicted octanol–water partition coefficient (Wildman–Crippen LogP) is 3.32. The van der Waals surface area contributed by atoms with Gasteiger partial charge in [-0.1, -0.05) is 0 Å². The minimum Gasteiger partial charge on any atom is -0.506 e. The van der Waals surface area contributed by atoms with E-state index in [-0.39, 0.29) is 5.75 Å². The van der Waals surface area contributed by atoms with Crippen molar-refractivity contribution in [1.29, 1.82) is 0 Å². The van der Waals surface area contributed by atoms with Crippen LogP contribution >= 0.6 is 31.9 Å². The second-order valence-corrected chi connectivity index (χ2v) is 4.68. The number of aromatic hydroxyl groups is 1. The molecule has 0 aliphatic carbocycles. The van der Waals surface area contributed by atoms with Gasteiger partial charge in [0.25, 0.3) is 0 Å². The molecule has 0 spiro atoms. The lowest BCUT2D eigenvalue weighted by Gasteiger charge is -2.13. The monoisotopic (exact) mass is 336 g/mol. The molecule has 0 aliphatic heterocycles. The van der Waals surface area contributed by atoms with Crippen LogP contribution in [0, 0.1) is 13.8 Å². The number of halogens is 2. The van der Waals surface area contributed by atoms with Crippen LogP contribution in [0.15, 0.2) is 8.95 Å². The van der Waals surface area contributed by atoms with Crippen LogP contribution in [0.25, 0.3) is 0 Å². The van der Waals surface area contributed by atoms with Crippen molar-refractivity contribution in [2.45, 2.75) is 13.8 Å². The first-order valence-corrected chi connectivity index (χ1v) is 5.75. The Morgan fingerprint density at radius 3 is 1.93 bits per heavy atom. The van der Waals surface area contributed by atoms with Crippen LogP contribution in [0.4, 0.5) is 0 Å². The highest BCUT2D eigenvalue weighted by Crippen LogP contribution is 2.40. The first-order valence-electron chi connectivity index (χ1n) is 4.17. The van der Waals surface area contributed by atoms with E-state index in [1.54, 1.807) is 13.8 Å². The third kappa shape index (κ3) is 2.03. The average Bonchev–Trinajstić information content (AvgIpc) is 2.23. The SMILES string of the molecule is COC(=O)c1c(C)c(Br)c(O)c(Br)c1C. The summed E-state index contributed by atoms with van der Waals surface area (Å²) in [5, 5.41) is 9.70. The van der Waals surface area contributed by atoms with E-state index in [9.17, 15) is 9.90 Å². The summed E-state index contributed by atoms with van der Waals surface area (Å²) in [4.78, 5) is 11.5. The summed E-state index contributed by atoms with van der Waals surface area (Å²) >= 11 is 6.45. The van der Waals surface area contributed by atoms with Gasteiger partial charge in [0.15, 0.2) is 0 Å². The molecule has 0 saturated heterocycles. The van der Waals surface area contributed by atoms with Crippen molar-refractivity contribution in [3.63, 3.8) is 0 Å². The van der Waals surface area contributed by atoms with Crippen molar-refractivity contribution in [1.82, 2.24) is 0 Å². The van der Waals surface area contributed by atoms with Gasteiger partial charge in [-0.05, 0) is 56.8 Å². The number of benzene rings is 1. The molecule has 0 atom stereocenters. The molecular weight excluding hydrogens is 328 g/mol. The van der Waals surface area contributed by atoms with Crippen molar-refractivity contribution in [3.8, 4) is 5.75 Å². The number of carbonyl (C=O) groups is 1. The van der Waals surface area contributed by atoms with Crippen molar-refractivity contribution in [2.24, 2.45) is 0 Å². The molecule has 5 heteroatoms. The highest BCUT2D eigenvalue weighted by atomic mass is 79.9. The van der Waals surface area contributed by atoms with Crippen molar-refractivity contribution >= 4 is 37.8 Å². The Bertz CT molecular complexity index is 398. The van der Waals surface area contributed by atoms with E-state index in [0.717, 1.165) is 0 Å². The maximum absolute atomic E-state index is 11.5. The molecule has 0 amide bonds. The van der Waals surface area contributed by atoms with Gasteiger partial charge in [0.05, 0.1) is 21.6 Å². The van der Waals surface area contributed by atoms with E-state index in [4.69, 9.17) is 0 Å². The fourth-order valence-corrected chi connectivity index (χ4v) is 2.42. The number of methoxy groups -OCH3 is 1.